The maximum absolute atomic E-state index is 13.7. The van der Waals surface area contributed by atoms with Gasteiger partial charge in [0.05, 0.1) is 40.5 Å². The fourth-order valence-corrected chi connectivity index (χ4v) is 6.75. The van der Waals surface area contributed by atoms with E-state index >= 15 is 0 Å². The number of hydrogen-bond acceptors (Lipinski definition) is 8. The first-order valence-electron chi connectivity index (χ1n) is 14.6. The molecule has 0 aliphatic carbocycles. The van der Waals surface area contributed by atoms with Crippen molar-refractivity contribution < 1.29 is 27.2 Å². The molecule has 11 nitrogen and oxygen atoms in total. The summed E-state index contributed by atoms with van der Waals surface area (Å²) in [6.07, 6.45) is 1.24. The molecule has 47 heavy (non-hydrogen) atoms. The Morgan fingerprint density at radius 3 is 2.38 bits per heavy atom. The number of rotatable bonds is 10. The molecule has 0 spiro atoms. The van der Waals surface area contributed by atoms with Gasteiger partial charge < -0.3 is 19.0 Å². The predicted octanol–water partition coefficient (Wildman–Crippen LogP) is 5.09. The second-order valence-electron chi connectivity index (χ2n) is 10.8. The van der Waals surface area contributed by atoms with Gasteiger partial charge in [0.25, 0.3) is 0 Å². The van der Waals surface area contributed by atoms with Crippen molar-refractivity contribution in [3.05, 3.63) is 112 Å². The fourth-order valence-electron chi connectivity index (χ4n) is 5.04. The Labute approximate surface area is 283 Å². The van der Waals surface area contributed by atoms with E-state index in [-0.39, 0.29) is 23.7 Å². The highest BCUT2D eigenvalue weighted by Crippen LogP contribution is 2.29. The normalized spacial score (nSPS) is 13.7. The van der Waals surface area contributed by atoms with Crippen LogP contribution in [0.2, 0.25) is 10.0 Å². The smallest absolute Gasteiger partial charge is 0.329 e. The van der Waals surface area contributed by atoms with Gasteiger partial charge in [-0.05, 0) is 61.0 Å². The summed E-state index contributed by atoms with van der Waals surface area (Å²) in [7, 11) is -2.33. The third-order valence-electron chi connectivity index (χ3n) is 7.56. The Morgan fingerprint density at radius 2 is 1.68 bits per heavy atom. The lowest BCUT2D eigenvalue weighted by atomic mass is 10.2. The Kier molecular flexibility index (Phi) is 10.9. The molecule has 0 radical (unpaired) electrons. The number of halogens is 2. The molecule has 1 fully saturated rings. The van der Waals surface area contributed by atoms with Crippen LogP contribution >= 0.6 is 23.2 Å². The van der Waals surface area contributed by atoms with Crippen molar-refractivity contribution in [2.24, 2.45) is 5.10 Å². The van der Waals surface area contributed by atoms with E-state index in [0.717, 1.165) is 17.0 Å². The van der Waals surface area contributed by atoms with Crippen molar-refractivity contribution in [2.75, 3.05) is 38.2 Å². The van der Waals surface area contributed by atoms with Gasteiger partial charge in [-0.15, -0.1) is 0 Å². The summed E-state index contributed by atoms with van der Waals surface area (Å²) in [6.45, 7) is 3.58. The van der Waals surface area contributed by atoms with E-state index in [4.69, 9.17) is 32.4 Å². The number of sulfonamides is 1. The number of aryl methyl sites for hydroxylation is 1. The van der Waals surface area contributed by atoms with E-state index < -0.39 is 21.8 Å². The van der Waals surface area contributed by atoms with Gasteiger partial charge in [-0.3, -0.25) is 9.59 Å². The molecule has 1 aliphatic rings. The lowest BCUT2D eigenvalue weighted by Crippen LogP contribution is -2.52. The lowest BCUT2D eigenvalue weighted by molar-refractivity contribution is -0.146. The molecule has 0 bridgehead atoms. The van der Waals surface area contributed by atoms with Crippen LogP contribution in [-0.2, 0) is 32.7 Å². The highest BCUT2D eigenvalue weighted by Gasteiger charge is 2.28. The fraction of sp³-hybridized carbons (Fsp3) is 0.242. The van der Waals surface area contributed by atoms with Crippen molar-refractivity contribution >= 4 is 56.9 Å². The molecule has 4 aromatic rings. The van der Waals surface area contributed by atoms with Gasteiger partial charge >= 0.3 is 11.8 Å². The monoisotopic (exact) mass is 697 g/mol. The van der Waals surface area contributed by atoms with Gasteiger partial charge in [-0.25, -0.2) is 13.8 Å². The van der Waals surface area contributed by atoms with Crippen molar-refractivity contribution in [3.63, 3.8) is 0 Å². The lowest BCUT2D eigenvalue weighted by Gasteiger charge is -2.36. The average Bonchev–Trinajstić information content (AvgIpc) is 3.53. The maximum Gasteiger partial charge on any atom is 0.329 e. The summed E-state index contributed by atoms with van der Waals surface area (Å²) in [5.74, 6) is -0.248. The first-order chi connectivity index (χ1) is 22.5. The number of carbonyl (C=O) groups is 2. The zero-order valence-corrected chi connectivity index (χ0v) is 28.1. The summed E-state index contributed by atoms with van der Waals surface area (Å²) in [6, 6.07) is 22.3. The number of para-hydroxylation sites is 2. The number of hydrogen-bond donors (Lipinski definition) is 1. The molecule has 1 saturated heterocycles. The van der Waals surface area contributed by atoms with Crippen molar-refractivity contribution in [3.8, 4) is 5.75 Å². The number of furan rings is 1. The molecule has 246 valence electrons. The Hall–Kier alpha value is -4.36. The summed E-state index contributed by atoms with van der Waals surface area (Å²) in [5.41, 5.74) is 4.74. The van der Waals surface area contributed by atoms with Gasteiger partial charge in [-0.1, -0.05) is 59.1 Å². The Balaban J connectivity index is 1.20. The molecule has 3 aromatic carbocycles. The van der Waals surface area contributed by atoms with Gasteiger partial charge in [0.15, 0.2) is 0 Å². The first kappa shape index (κ1) is 34.0. The number of nitrogens with one attached hydrogen (secondary N) is 1. The molecule has 0 atom stereocenters. The molecular weight excluding hydrogens is 665 g/mol. The molecule has 2 heterocycles. The maximum atomic E-state index is 13.7. The molecule has 1 aliphatic heterocycles. The van der Waals surface area contributed by atoms with Crippen LogP contribution in [0.25, 0.3) is 0 Å². The number of piperazine rings is 1. The number of anilines is 1. The van der Waals surface area contributed by atoms with Crippen LogP contribution in [0.15, 0.2) is 93.3 Å². The number of benzene rings is 3. The summed E-state index contributed by atoms with van der Waals surface area (Å²) >= 11 is 12.3. The van der Waals surface area contributed by atoms with Crippen molar-refractivity contribution in [1.29, 1.82) is 0 Å². The molecule has 14 heteroatoms. The minimum Gasteiger partial charge on any atom is -0.495 e. The predicted molar refractivity (Wildman–Crippen MR) is 180 cm³/mol. The van der Waals surface area contributed by atoms with E-state index in [1.54, 1.807) is 61.7 Å². The number of carbonyl (C=O) groups excluding carboxylic acids is 2. The number of hydrazone groups is 1. The molecular formula is C33H33Cl2N5O6S. The van der Waals surface area contributed by atoms with Gasteiger partial charge in [0.2, 0.25) is 10.0 Å². The van der Waals surface area contributed by atoms with Crippen LogP contribution in [-0.4, -0.2) is 68.9 Å². The second kappa shape index (κ2) is 15.0. The topological polar surface area (TPSA) is 125 Å². The van der Waals surface area contributed by atoms with E-state index in [1.165, 1.54) is 15.4 Å². The summed E-state index contributed by atoms with van der Waals surface area (Å²) in [4.78, 5) is 29.0. The van der Waals surface area contributed by atoms with Crippen LogP contribution in [0, 0.1) is 6.92 Å². The zero-order valence-electron chi connectivity index (χ0n) is 25.7. The Morgan fingerprint density at radius 1 is 0.957 bits per heavy atom. The quantitative estimate of drug-likeness (QED) is 0.139. The average molecular weight is 699 g/mol. The number of methoxy groups -OCH3 is 1. The third-order valence-corrected chi connectivity index (χ3v) is 10.1. The van der Waals surface area contributed by atoms with E-state index in [9.17, 15) is 18.0 Å². The SMILES string of the molecule is COc1ccccc1N1CCN(C(=O)C(=O)N/N=C/c2ccc(CN(Cc3ccc(Cl)c(Cl)c3)S(=O)(=O)c3ccc(C)cc3)o2)CC1. The second-order valence-corrected chi connectivity index (χ2v) is 13.5. The largest absolute Gasteiger partial charge is 0.495 e. The van der Waals surface area contributed by atoms with Gasteiger partial charge in [0.1, 0.15) is 17.3 Å². The molecule has 1 aromatic heterocycles. The number of nitrogens with zero attached hydrogens (tertiary/aromatic N) is 4. The Bertz CT molecular complexity index is 1870. The van der Waals surface area contributed by atoms with E-state index in [1.807, 2.05) is 31.2 Å². The molecule has 0 unspecified atom stereocenters. The van der Waals surface area contributed by atoms with Crippen LogP contribution in [0.1, 0.15) is 22.6 Å². The highest BCUT2D eigenvalue weighted by molar-refractivity contribution is 7.89. The van der Waals surface area contributed by atoms with Gasteiger partial charge in [0, 0.05) is 32.7 Å². The third kappa shape index (κ3) is 8.33. The molecule has 1 N–H and O–H groups in total. The van der Waals surface area contributed by atoms with E-state index in [2.05, 4.69) is 15.4 Å². The van der Waals surface area contributed by atoms with Gasteiger partial charge in [-0.2, -0.15) is 9.41 Å². The van der Waals surface area contributed by atoms with E-state index in [0.29, 0.717) is 47.5 Å². The molecule has 2 amide bonds. The first-order valence-corrected chi connectivity index (χ1v) is 16.8. The van der Waals surface area contributed by atoms with Crippen LogP contribution in [0.5, 0.6) is 5.75 Å². The minimum atomic E-state index is -3.94. The zero-order chi connectivity index (χ0) is 33.6. The molecule has 0 saturated carbocycles. The number of amides is 2. The molecule has 5 rings (SSSR count). The number of ether oxygens (including phenoxy) is 1. The highest BCUT2D eigenvalue weighted by atomic mass is 35.5. The summed E-state index contributed by atoms with van der Waals surface area (Å²) < 4.78 is 39.9. The van der Waals surface area contributed by atoms with Crippen LogP contribution in [0.4, 0.5) is 5.69 Å². The van der Waals surface area contributed by atoms with Crippen LogP contribution < -0.4 is 15.1 Å². The minimum absolute atomic E-state index is 0.00252. The van der Waals surface area contributed by atoms with Crippen molar-refractivity contribution in [2.45, 2.75) is 24.9 Å². The summed E-state index contributed by atoms with van der Waals surface area (Å²) in [5, 5.41) is 4.54. The van der Waals surface area contributed by atoms with Crippen molar-refractivity contribution in [1.82, 2.24) is 14.6 Å². The standard InChI is InChI=1S/C33H33Cl2N5O6S/c1-23-7-12-27(13-8-23)47(43,44)40(21-24-9-14-28(34)29(35)19-24)22-26-11-10-25(46-26)20-36-37-32(41)33(42)39-17-15-38(16-18-39)30-5-3-4-6-31(30)45-2/h3-14,19-20H,15-18,21-22H2,1-2H3,(H,37,41)/b36-20+. The van der Waals surface area contributed by atoms with Crippen LogP contribution in [0.3, 0.4) is 0 Å².